The zero-order valence-electron chi connectivity index (χ0n) is 8.62. The molecule has 0 aromatic heterocycles. The van der Waals surface area contributed by atoms with Gasteiger partial charge in [0.25, 0.3) is 0 Å². The minimum absolute atomic E-state index is 0.663. The fourth-order valence-corrected chi connectivity index (χ4v) is 2.18. The quantitative estimate of drug-likeness (QED) is 0.571. The van der Waals surface area contributed by atoms with E-state index >= 15 is 0 Å². The molecular weight excluding hydrogens is 162 g/mol. The smallest absolute Gasteiger partial charge is 0.0625 e. The lowest BCUT2D eigenvalue weighted by Crippen LogP contribution is -2.47. The van der Waals surface area contributed by atoms with Crippen molar-refractivity contribution in [2.24, 2.45) is 5.92 Å². The van der Waals surface area contributed by atoms with Gasteiger partial charge in [-0.1, -0.05) is 25.5 Å². The van der Waals surface area contributed by atoms with Crippen LogP contribution in [-0.2, 0) is 4.74 Å². The molecule has 0 amide bonds. The highest BCUT2D eigenvalue weighted by molar-refractivity contribution is 5.12. The van der Waals surface area contributed by atoms with Crippen molar-refractivity contribution in [1.29, 1.82) is 0 Å². The third kappa shape index (κ3) is 1.94. The van der Waals surface area contributed by atoms with Crippen LogP contribution < -0.4 is 0 Å². The summed E-state index contributed by atoms with van der Waals surface area (Å²) in [5, 5.41) is 0. The number of rotatable bonds is 1. The van der Waals surface area contributed by atoms with Crippen LogP contribution in [0, 0.1) is 5.92 Å². The van der Waals surface area contributed by atoms with Crippen LogP contribution in [0.4, 0.5) is 0 Å². The molecule has 1 atom stereocenters. The van der Waals surface area contributed by atoms with Gasteiger partial charge in [-0.25, -0.2) is 0 Å². The molecule has 1 saturated heterocycles. The molecule has 0 aliphatic carbocycles. The number of morpholine rings is 1. The van der Waals surface area contributed by atoms with Gasteiger partial charge in [-0.05, 0) is 12.3 Å². The topological polar surface area (TPSA) is 12.5 Å². The van der Waals surface area contributed by atoms with Crippen molar-refractivity contribution in [3.05, 3.63) is 11.6 Å². The summed E-state index contributed by atoms with van der Waals surface area (Å²) in [7, 11) is 0. The van der Waals surface area contributed by atoms with Gasteiger partial charge in [-0.15, -0.1) is 0 Å². The van der Waals surface area contributed by atoms with Crippen molar-refractivity contribution in [3.8, 4) is 0 Å². The van der Waals surface area contributed by atoms with E-state index in [4.69, 9.17) is 4.74 Å². The van der Waals surface area contributed by atoms with Gasteiger partial charge in [0.05, 0.1) is 13.2 Å². The second kappa shape index (κ2) is 3.81. The van der Waals surface area contributed by atoms with E-state index < -0.39 is 0 Å². The third-order valence-electron chi connectivity index (χ3n) is 3.15. The molecule has 2 aliphatic rings. The molecule has 2 aliphatic heterocycles. The molecule has 0 aromatic rings. The summed E-state index contributed by atoms with van der Waals surface area (Å²) < 4.78 is 5.50. The molecule has 0 aromatic carbocycles. The van der Waals surface area contributed by atoms with Gasteiger partial charge < -0.3 is 4.74 Å². The van der Waals surface area contributed by atoms with Crippen molar-refractivity contribution in [2.45, 2.75) is 26.3 Å². The molecule has 0 bridgehead atoms. The van der Waals surface area contributed by atoms with E-state index in [9.17, 15) is 0 Å². The predicted molar refractivity (Wildman–Crippen MR) is 53.7 cm³/mol. The Balaban J connectivity index is 2.02. The molecule has 1 fully saturated rings. The standard InChI is InChI=1S/C11H19NO/c1-9(2)10-3-4-12-5-6-13-8-11(12)7-10/h3,9,11H,4-8H2,1-2H3. The van der Waals surface area contributed by atoms with E-state index in [2.05, 4.69) is 24.8 Å². The lowest BCUT2D eigenvalue weighted by atomic mass is 9.92. The molecular formula is C11H19NO. The summed E-state index contributed by atoms with van der Waals surface area (Å²) in [6, 6.07) is 0.663. The summed E-state index contributed by atoms with van der Waals surface area (Å²) in [5.41, 5.74) is 1.62. The average molecular weight is 181 g/mol. The van der Waals surface area contributed by atoms with Crippen molar-refractivity contribution in [1.82, 2.24) is 4.90 Å². The van der Waals surface area contributed by atoms with Crippen molar-refractivity contribution >= 4 is 0 Å². The molecule has 1 unspecified atom stereocenters. The zero-order valence-corrected chi connectivity index (χ0v) is 8.62. The highest BCUT2D eigenvalue weighted by Crippen LogP contribution is 2.25. The molecule has 13 heavy (non-hydrogen) atoms. The first-order valence-electron chi connectivity index (χ1n) is 5.28. The lowest BCUT2D eigenvalue weighted by molar-refractivity contribution is -0.00588. The maximum atomic E-state index is 5.50. The number of nitrogens with zero attached hydrogens (tertiary/aromatic N) is 1. The van der Waals surface area contributed by atoms with Gasteiger partial charge in [0.2, 0.25) is 0 Å². The maximum absolute atomic E-state index is 5.50. The Hall–Kier alpha value is -0.340. The Morgan fingerprint density at radius 3 is 3.15 bits per heavy atom. The Bertz CT molecular complexity index is 210. The van der Waals surface area contributed by atoms with Gasteiger partial charge in [-0.3, -0.25) is 4.90 Å². The highest BCUT2D eigenvalue weighted by atomic mass is 16.5. The molecule has 2 heteroatoms. The SMILES string of the molecule is CC(C)C1=CCN2CCOCC2C1. The van der Waals surface area contributed by atoms with Crippen LogP contribution in [0.15, 0.2) is 11.6 Å². The first kappa shape index (κ1) is 9.22. The molecule has 0 N–H and O–H groups in total. The monoisotopic (exact) mass is 181 g/mol. The highest BCUT2D eigenvalue weighted by Gasteiger charge is 2.26. The molecule has 2 rings (SSSR count). The van der Waals surface area contributed by atoms with Gasteiger partial charge in [0.15, 0.2) is 0 Å². The number of ether oxygens (including phenoxy) is 1. The first-order valence-corrected chi connectivity index (χ1v) is 5.28. The van der Waals surface area contributed by atoms with E-state index in [1.807, 2.05) is 0 Å². The summed E-state index contributed by atoms with van der Waals surface area (Å²) in [5.74, 6) is 0.712. The van der Waals surface area contributed by atoms with Crippen LogP contribution in [0.1, 0.15) is 20.3 Å². The normalized spacial score (nSPS) is 30.1. The third-order valence-corrected chi connectivity index (χ3v) is 3.15. The molecule has 2 heterocycles. The molecule has 74 valence electrons. The lowest BCUT2D eigenvalue weighted by Gasteiger charge is -2.39. The van der Waals surface area contributed by atoms with Crippen LogP contribution >= 0.6 is 0 Å². The van der Waals surface area contributed by atoms with E-state index in [1.165, 1.54) is 6.42 Å². The van der Waals surface area contributed by atoms with Crippen LogP contribution in [0.2, 0.25) is 0 Å². The van der Waals surface area contributed by atoms with Gasteiger partial charge in [0.1, 0.15) is 0 Å². The van der Waals surface area contributed by atoms with Crippen LogP contribution in [0.5, 0.6) is 0 Å². The van der Waals surface area contributed by atoms with Crippen LogP contribution in [-0.4, -0.2) is 37.2 Å². The second-order valence-electron chi connectivity index (χ2n) is 4.36. The Morgan fingerprint density at radius 2 is 2.38 bits per heavy atom. The fraction of sp³-hybridized carbons (Fsp3) is 0.818. The van der Waals surface area contributed by atoms with Crippen molar-refractivity contribution in [2.75, 3.05) is 26.3 Å². The molecule has 2 nitrogen and oxygen atoms in total. The largest absolute Gasteiger partial charge is 0.378 e. The fourth-order valence-electron chi connectivity index (χ4n) is 2.18. The van der Waals surface area contributed by atoms with Crippen LogP contribution in [0.25, 0.3) is 0 Å². The van der Waals surface area contributed by atoms with E-state index in [0.29, 0.717) is 12.0 Å². The van der Waals surface area contributed by atoms with Crippen molar-refractivity contribution < 1.29 is 4.74 Å². The summed E-state index contributed by atoms with van der Waals surface area (Å²) in [4.78, 5) is 2.54. The number of fused-ring (bicyclic) bond motifs is 1. The van der Waals surface area contributed by atoms with Crippen LogP contribution in [0.3, 0.4) is 0 Å². The van der Waals surface area contributed by atoms with Gasteiger partial charge in [-0.2, -0.15) is 0 Å². The Kier molecular flexibility index (Phi) is 2.70. The van der Waals surface area contributed by atoms with E-state index in [1.54, 1.807) is 5.57 Å². The first-order chi connectivity index (χ1) is 6.27. The minimum atomic E-state index is 0.663. The van der Waals surface area contributed by atoms with E-state index in [0.717, 1.165) is 26.3 Å². The molecule has 0 spiro atoms. The molecule has 0 radical (unpaired) electrons. The van der Waals surface area contributed by atoms with Crippen molar-refractivity contribution in [3.63, 3.8) is 0 Å². The van der Waals surface area contributed by atoms with Gasteiger partial charge >= 0.3 is 0 Å². The number of hydrogen-bond donors (Lipinski definition) is 0. The predicted octanol–water partition coefficient (Wildman–Crippen LogP) is 1.67. The zero-order chi connectivity index (χ0) is 9.26. The average Bonchev–Trinajstić information content (AvgIpc) is 2.17. The summed E-state index contributed by atoms with van der Waals surface area (Å²) in [6.07, 6.45) is 3.63. The molecule has 0 saturated carbocycles. The summed E-state index contributed by atoms with van der Waals surface area (Å²) >= 11 is 0. The minimum Gasteiger partial charge on any atom is -0.378 e. The van der Waals surface area contributed by atoms with Gasteiger partial charge in [0, 0.05) is 19.1 Å². The maximum Gasteiger partial charge on any atom is 0.0625 e. The Labute approximate surface area is 80.6 Å². The number of hydrogen-bond acceptors (Lipinski definition) is 2. The Morgan fingerprint density at radius 1 is 1.54 bits per heavy atom. The summed E-state index contributed by atoms with van der Waals surface area (Å²) in [6.45, 7) is 8.68. The second-order valence-corrected chi connectivity index (χ2v) is 4.36. The van der Waals surface area contributed by atoms with E-state index in [-0.39, 0.29) is 0 Å².